The highest BCUT2D eigenvalue weighted by Crippen LogP contribution is 2.29. The first-order chi connectivity index (χ1) is 9.90. The van der Waals surface area contributed by atoms with Crippen molar-refractivity contribution >= 4 is 22.7 Å². The van der Waals surface area contributed by atoms with Crippen molar-refractivity contribution in [1.29, 1.82) is 0 Å². The third-order valence-electron chi connectivity index (χ3n) is 3.64. The topological polar surface area (TPSA) is 34.2 Å². The minimum absolute atomic E-state index is 0.214. The van der Waals surface area contributed by atoms with Crippen molar-refractivity contribution in [2.45, 2.75) is 19.1 Å². The predicted molar refractivity (Wildman–Crippen MR) is 85.2 cm³/mol. The predicted octanol–water partition coefficient (Wildman–Crippen LogP) is 3.02. The highest BCUT2D eigenvalue weighted by molar-refractivity contribution is 7.99. The van der Waals surface area contributed by atoms with Gasteiger partial charge >= 0.3 is 0 Å². The van der Waals surface area contributed by atoms with Gasteiger partial charge in [-0.3, -0.25) is 4.98 Å². The zero-order valence-corrected chi connectivity index (χ0v) is 12.5. The molecule has 1 saturated heterocycles. The average molecular weight is 288 g/mol. The number of ether oxygens (including phenoxy) is 1. The van der Waals surface area contributed by atoms with Crippen molar-refractivity contribution in [3.63, 3.8) is 0 Å². The van der Waals surface area contributed by atoms with E-state index in [1.807, 2.05) is 24.0 Å². The zero-order valence-electron chi connectivity index (χ0n) is 11.7. The molecule has 2 aromatic rings. The molecule has 4 heteroatoms. The molecule has 1 aromatic heterocycles. The van der Waals surface area contributed by atoms with Crippen molar-refractivity contribution in [2.24, 2.45) is 0 Å². The lowest BCUT2D eigenvalue weighted by molar-refractivity contribution is 0.0475. The lowest BCUT2D eigenvalue weighted by Gasteiger charge is -2.31. The van der Waals surface area contributed by atoms with Crippen molar-refractivity contribution in [1.82, 2.24) is 10.3 Å². The van der Waals surface area contributed by atoms with E-state index >= 15 is 0 Å². The van der Waals surface area contributed by atoms with E-state index < -0.39 is 0 Å². The first-order valence-electron chi connectivity index (χ1n) is 7.16. The van der Waals surface area contributed by atoms with E-state index in [4.69, 9.17) is 4.74 Å². The van der Waals surface area contributed by atoms with Gasteiger partial charge in [0.15, 0.2) is 0 Å². The van der Waals surface area contributed by atoms with Gasteiger partial charge in [-0.1, -0.05) is 31.2 Å². The third-order valence-corrected chi connectivity index (χ3v) is 4.66. The molecule has 0 amide bonds. The summed E-state index contributed by atoms with van der Waals surface area (Å²) in [5.41, 5.74) is 2.33. The Kier molecular flexibility index (Phi) is 4.55. The number of nitrogens with zero attached hydrogens (tertiary/aromatic N) is 1. The van der Waals surface area contributed by atoms with E-state index in [9.17, 15) is 0 Å². The molecule has 1 N–H and O–H groups in total. The van der Waals surface area contributed by atoms with E-state index in [0.717, 1.165) is 30.2 Å². The highest BCUT2D eigenvalue weighted by Gasteiger charge is 2.27. The van der Waals surface area contributed by atoms with Gasteiger partial charge < -0.3 is 10.1 Å². The fourth-order valence-corrected chi connectivity index (χ4v) is 3.64. The van der Waals surface area contributed by atoms with Gasteiger partial charge in [0.25, 0.3) is 0 Å². The Morgan fingerprint density at radius 1 is 1.40 bits per heavy atom. The number of likely N-dealkylation sites (N-methyl/N-ethyl adjacent to an activating group) is 1. The number of nitrogens with one attached hydrogen (secondary N) is 1. The monoisotopic (exact) mass is 288 g/mol. The summed E-state index contributed by atoms with van der Waals surface area (Å²) in [5.74, 6) is 2.14. The molecule has 2 heterocycles. The maximum absolute atomic E-state index is 5.98. The van der Waals surface area contributed by atoms with Gasteiger partial charge in [-0.25, -0.2) is 0 Å². The summed E-state index contributed by atoms with van der Waals surface area (Å²) in [6, 6.07) is 10.7. The van der Waals surface area contributed by atoms with Gasteiger partial charge in [-0.05, 0) is 18.2 Å². The first-order valence-corrected chi connectivity index (χ1v) is 8.32. The SMILES string of the molecule is CCNC(c1cccc2cccnc12)C1CSCCO1. The van der Waals surface area contributed by atoms with Crippen molar-refractivity contribution in [3.8, 4) is 0 Å². The fraction of sp³-hybridized carbons (Fsp3) is 0.438. The van der Waals surface area contributed by atoms with E-state index in [2.05, 4.69) is 41.5 Å². The minimum atomic E-state index is 0.214. The van der Waals surface area contributed by atoms with Crippen LogP contribution >= 0.6 is 11.8 Å². The summed E-state index contributed by atoms with van der Waals surface area (Å²) >= 11 is 1.97. The number of pyridine rings is 1. The summed E-state index contributed by atoms with van der Waals surface area (Å²) in [6.45, 7) is 3.91. The number of aromatic nitrogens is 1. The molecule has 1 aromatic carbocycles. The van der Waals surface area contributed by atoms with E-state index in [1.54, 1.807) is 0 Å². The Morgan fingerprint density at radius 3 is 3.10 bits per heavy atom. The van der Waals surface area contributed by atoms with Crippen molar-refractivity contribution < 1.29 is 4.74 Å². The molecule has 0 aliphatic carbocycles. The molecule has 2 unspecified atom stereocenters. The molecule has 1 aliphatic heterocycles. The second-order valence-corrected chi connectivity index (χ2v) is 6.09. The van der Waals surface area contributed by atoms with Crippen LogP contribution in [0.4, 0.5) is 0 Å². The lowest BCUT2D eigenvalue weighted by atomic mass is 9.98. The van der Waals surface area contributed by atoms with Crippen molar-refractivity contribution in [2.75, 3.05) is 24.7 Å². The van der Waals surface area contributed by atoms with Gasteiger partial charge in [-0.15, -0.1) is 0 Å². The van der Waals surface area contributed by atoms with E-state index in [0.29, 0.717) is 0 Å². The molecule has 1 aliphatic rings. The molecule has 0 bridgehead atoms. The Balaban J connectivity index is 2.00. The van der Waals surface area contributed by atoms with Crippen LogP contribution in [0.1, 0.15) is 18.5 Å². The molecule has 0 spiro atoms. The fourth-order valence-electron chi connectivity index (χ4n) is 2.74. The maximum Gasteiger partial charge on any atom is 0.0861 e. The number of hydrogen-bond donors (Lipinski definition) is 1. The van der Waals surface area contributed by atoms with Crippen LogP contribution in [-0.4, -0.2) is 35.7 Å². The smallest absolute Gasteiger partial charge is 0.0861 e. The number of rotatable bonds is 4. The molecular formula is C16H20N2OS. The summed E-state index contributed by atoms with van der Waals surface area (Å²) in [7, 11) is 0. The molecule has 0 saturated carbocycles. The summed E-state index contributed by atoms with van der Waals surface area (Å²) in [4.78, 5) is 4.58. The van der Waals surface area contributed by atoms with E-state index in [1.165, 1.54) is 10.9 Å². The van der Waals surface area contributed by atoms with Gasteiger partial charge in [0.2, 0.25) is 0 Å². The molecule has 3 rings (SSSR count). The summed E-state index contributed by atoms with van der Waals surface area (Å²) in [6.07, 6.45) is 2.09. The summed E-state index contributed by atoms with van der Waals surface area (Å²) < 4.78 is 5.98. The van der Waals surface area contributed by atoms with Gasteiger partial charge in [0.05, 0.1) is 24.3 Å². The number of fused-ring (bicyclic) bond motifs is 1. The quantitative estimate of drug-likeness (QED) is 0.938. The van der Waals surface area contributed by atoms with Crippen molar-refractivity contribution in [3.05, 3.63) is 42.1 Å². The van der Waals surface area contributed by atoms with Crippen LogP contribution in [0.2, 0.25) is 0 Å². The lowest BCUT2D eigenvalue weighted by Crippen LogP contribution is -2.38. The molecular weight excluding hydrogens is 268 g/mol. The van der Waals surface area contributed by atoms with Gasteiger partial charge in [0.1, 0.15) is 0 Å². The van der Waals surface area contributed by atoms with Crippen LogP contribution in [0.5, 0.6) is 0 Å². The van der Waals surface area contributed by atoms with Gasteiger partial charge in [-0.2, -0.15) is 11.8 Å². The standard InChI is InChI=1S/C16H20N2OS/c1-2-17-16(14-11-20-10-9-19-14)13-7-3-5-12-6-4-8-18-15(12)13/h3-8,14,16-17H,2,9-11H2,1H3. The first kappa shape index (κ1) is 13.9. The highest BCUT2D eigenvalue weighted by atomic mass is 32.2. The molecule has 0 radical (unpaired) electrons. The number of para-hydroxylation sites is 1. The Morgan fingerprint density at radius 2 is 2.30 bits per heavy atom. The maximum atomic E-state index is 5.98. The number of benzene rings is 1. The van der Waals surface area contributed by atoms with Crippen LogP contribution in [0, 0.1) is 0 Å². The number of thioether (sulfide) groups is 1. The summed E-state index contributed by atoms with van der Waals surface area (Å²) in [5, 5.41) is 4.77. The largest absolute Gasteiger partial charge is 0.375 e. The Labute approximate surface area is 124 Å². The van der Waals surface area contributed by atoms with Crippen LogP contribution in [0.3, 0.4) is 0 Å². The molecule has 2 atom stereocenters. The second-order valence-electron chi connectivity index (χ2n) is 4.94. The normalized spacial score (nSPS) is 20.9. The van der Waals surface area contributed by atoms with E-state index in [-0.39, 0.29) is 12.1 Å². The van der Waals surface area contributed by atoms with Crippen LogP contribution in [-0.2, 0) is 4.74 Å². The molecule has 1 fully saturated rings. The molecule has 3 nitrogen and oxygen atoms in total. The molecule has 20 heavy (non-hydrogen) atoms. The van der Waals surface area contributed by atoms with Gasteiger partial charge in [0, 0.05) is 23.1 Å². The minimum Gasteiger partial charge on any atom is -0.375 e. The zero-order chi connectivity index (χ0) is 13.8. The molecule has 106 valence electrons. The second kappa shape index (κ2) is 6.57. The Hall–Kier alpha value is -1.10. The third kappa shape index (κ3) is 2.82. The number of hydrogen-bond acceptors (Lipinski definition) is 4. The van der Waals surface area contributed by atoms with Crippen LogP contribution < -0.4 is 5.32 Å². The Bertz CT molecular complexity index is 564. The van der Waals surface area contributed by atoms with Crippen LogP contribution in [0.25, 0.3) is 10.9 Å². The van der Waals surface area contributed by atoms with Crippen LogP contribution in [0.15, 0.2) is 36.5 Å². The average Bonchev–Trinajstić information content (AvgIpc) is 2.53.